The second-order valence-electron chi connectivity index (χ2n) is 4.68. The fraction of sp³-hybridized carbons (Fsp3) is 0.400. The highest BCUT2D eigenvalue weighted by Crippen LogP contribution is 2.24. The molecule has 1 aromatic rings. The number of anilines is 1. The molecule has 102 valence electrons. The number of benzene rings is 1. The summed E-state index contributed by atoms with van der Waals surface area (Å²) in [4.78, 5) is 12.0. The van der Waals surface area contributed by atoms with E-state index in [-0.39, 0.29) is 24.3 Å². The van der Waals surface area contributed by atoms with Crippen molar-refractivity contribution in [1.29, 1.82) is 0 Å². The first-order valence-electron chi connectivity index (χ1n) is 6.15. The molecule has 0 saturated carbocycles. The normalized spacial score (nSPS) is 11.7. The molecule has 0 aliphatic heterocycles. The van der Waals surface area contributed by atoms with Crippen molar-refractivity contribution in [1.82, 2.24) is 0 Å². The molecule has 19 heavy (non-hydrogen) atoms. The average Bonchev–Trinajstić information content (AvgIpc) is 2.38. The number of hydrogen-bond acceptors (Lipinski definition) is 2. The molecular formula is C15H18ClNO2. The van der Waals surface area contributed by atoms with Crippen LogP contribution in [0.25, 0.3) is 0 Å². The van der Waals surface area contributed by atoms with Crippen LogP contribution in [0.3, 0.4) is 0 Å². The Morgan fingerprint density at radius 3 is 2.68 bits per heavy atom. The van der Waals surface area contributed by atoms with Crippen molar-refractivity contribution in [3.05, 3.63) is 28.8 Å². The standard InChI is InChI=1S/C15H18ClNO2/c1-10(2)11(3)15(19)17-14-9-12(5-4-8-18)6-7-13(14)16/h6-7,9-11,18H,8H2,1-3H3,(H,17,19). The van der Waals surface area contributed by atoms with Crippen molar-refractivity contribution < 1.29 is 9.90 Å². The third-order valence-electron chi connectivity index (χ3n) is 2.95. The maximum absolute atomic E-state index is 12.0. The largest absolute Gasteiger partial charge is 0.384 e. The third kappa shape index (κ3) is 4.59. The Hall–Kier alpha value is -1.50. The van der Waals surface area contributed by atoms with Gasteiger partial charge in [-0.05, 0) is 24.1 Å². The molecule has 0 aromatic heterocycles. The van der Waals surface area contributed by atoms with E-state index in [9.17, 15) is 4.79 Å². The van der Waals surface area contributed by atoms with Crippen molar-refractivity contribution in [3.63, 3.8) is 0 Å². The van der Waals surface area contributed by atoms with Gasteiger partial charge in [-0.15, -0.1) is 0 Å². The SMILES string of the molecule is CC(C)C(C)C(=O)Nc1cc(C#CCO)ccc1Cl. The Morgan fingerprint density at radius 2 is 2.11 bits per heavy atom. The molecule has 2 N–H and O–H groups in total. The zero-order valence-electron chi connectivity index (χ0n) is 11.3. The number of carbonyl (C=O) groups excluding carboxylic acids is 1. The van der Waals surface area contributed by atoms with Gasteiger partial charge in [-0.3, -0.25) is 4.79 Å². The predicted molar refractivity (Wildman–Crippen MR) is 78.0 cm³/mol. The van der Waals surface area contributed by atoms with Crippen LogP contribution in [0.2, 0.25) is 5.02 Å². The fourth-order valence-corrected chi connectivity index (χ4v) is 1.55. The number of hydrogen-bond donors (Lipinski definition) is 2. The molecule has 1 rings (SSSR count). The second-order valence-corrected chi connectivity index (χ2v) is 5.08. The molecule has 3 nitrogen and oxygen atoms in total. The highest BCUT2D eigenvalue weighted by atomic mass is 35.5. The van der Waals surface area contributed by atoms with Crippen LogP contribution in [-0.2, 0) is 4.79 Å². The molecular weight excluding hydrogens is 262 g/mol. The predicted octanol–water partition coefficient (Wildman–Crippen LogP) is 2.91. The lowest BCUT2D eigenvalue weighted by molar-refractivity contribution is -0.120. The molecule has 0 heterocycles. The average molecular weight is 280 g/mol. The summed E-state index contributed by atoms with van der Waals surface area (Å²) in [7, 11) is 0. The monoisotopic (exact) mass is 279 g/mol. The van der Waals surface area contributed by atoms with E-state index < -0.39 is 0 Å². The van der Waals surface area contributed by atoms with Gasteiger partial charge in [0.1, 0.15) is 6.61 Å². The van der Waals surface area contributed by atoms with Crippen molar-refractivity contribution in [2.75, 3.05) is 11.9 Å². The Morgan fingerprint density at radius 1 is 1.42 bits per heavy atom. The summed E-state index contributed by atoms with van der Waals surface area (Å²) < 4.78 is 0. The molecule has 0 saturated heterocycles. The number of rotatable bonds is 3. The van der Waals surface area contributed by atoms with Crippen LogP contribution in [0.4, 0.5) is 5.69 Å². The fourth-order valence-electron chi connectivity index (χ4n) is 1.39. The van der Waals surface area contributed by atoms with E-state index in [0.717, 1.165) is 0 Å². The zero-order chi connectivity index (χ0) is 14.4. The van der Waals surface area contributed by atoms with E-state index in [1.807, 2.05) is 20.8 Å². The molecule has 1 atom stereocenters. The summed E-state index contributed by atoms with van der Waals surface area (Å²) in [5.41, 5.74) is 1.25. The number of amides is 1. The van der Waals surface area contributed by atoms with Gasteiger partial charge < -0.3 is 10.4 Å². The van der Waals surface area contributed by atoms with Crippen LogP contribution in [0.5, 0.6) is 0 Å². The maximum Gasteiger partial charge on any atom is 0.227 e. The van der Waals surface area contributed by atoms with Gasteiger partial charge in [-0.2, -0.15) is 0 Å². The van der Waals surface area contributed by atoms with Crippen molar-refractivity contribution in [3.8, 4) is 11.8 Å². The lowest BCUT2D eigenvalue weighted by Gasteiger charge is -2.16. The topological polar surface area (TPSA) is 49.3 Å². The number of carbonyl (C=O) groups is 1. The highest BCUT2D eigenvalue weighted by molar-refractivity contribution is 6.33. The summed E-state index contributed by atoms with van der Waals surface area (Å²) >= 11 is 6.05. The number of nitrogens with one attached hydrogen (secondary N) is 1. The molecule has 0 radical (unpaired) electrons. The summed E-state index contributed by atoms with van der Waals surface area (Å²) in [5, 5.41) is 11.9. The molecule has 0 fully saturated rings. The lowest BCUT2D eigenvalue weighted by Crippen LogP contribution is -2.24. The van der Waals surface area contributed by atoms with Gasteiger partial charge in [0.25, 0.3) is 0 Å². The van der Waals surface area contributed by atoms with Crippen LogP contribution in [0.15, 0.2) is 18.2 Å². The summed E-state index contributed by atoms with van der Waals surface area (Å²) in [6.45, 7) is 5.67. The van der Waals surface area contributed by atoms with E-state index in [2.05, 4.69) is 17.2 Å². The first kappa shape index (κ1) is 15.6. The molecule has 1 amide bonds. The molecule has 0 aliphatic rings. The molecule has 0 spiro atoms. The quantitative estimate of drug-likeness (QED) is 0.836. The molecule has 4 heteroatoms. The van der Waals surface area contributed by atoms with Crippen molar-refractivity contribution in [2.24, 2.45) is 11.8 Å². The van der Waals surface area contributed by atoms with Gasteiger partial charge in [-0.1, -0.05) is 44.2 Å². The second kappa shape index (κ2) is 7.18. The van der Waals surface area contributed by atoms with Crippen LogP contribution in [-0.4, -0.2) is 17.6 Å². The molecule has 1 aromatic carbocycles. The van der Waals surface area contributed by atoms with E-state index in [4.69, 9.17) is 16.7 Å². The van der Waals surface area contributed by atoms with Crippen LogP contribution in [0.1, 0.15) is 26.3 Å². The number of halogens is 1. The van der Waals surface area contributed by atoms with E-state index in [1.54, 1.807) is 18.2 Å². The van der Waals surface area contributed by atoms with E-state index in [0.29, 0.717) is 16.3 Å². The van der Waals surface area contributed by atoms with Gasteiger partial charge >= 0.3 is 0 Å². The number of aliphatic hydroxyl groups excluding tert-OH is 1. The zero-order valence-corrected chi connectivity index (χ0v) is 12.1. The van der Waals surface area contributed by atoms with Gasteiger partial charge in [0.05, 0.1) is 10.7 Å². The molecule has 0 aliphatic carbocycles. The maximum atomic E-state index is 12.0. The highest BCUT2D eigenvalue weighted by Gasteiger charge is 2.17. The van der Waals surface area contributed by atoms with Crippen molar-refractivity contribution >= 4 is 23.2 Å². The Balaban J connectivity index is 2.91. The Kier molecular flexibility index (Phi) is 5.88. The van der Waals surface area contributed by atoms with Gasteiger partial charge in [0.2, 0.25) is 5.91 Å². The first-order valence-corrected chi connectivity index (χ1v) is 6.53. The summed E-state index contributed by atoms with van der Waals surface area (Å²) in [6.07, 6.45) is 0. The smallest absolute Gasteiger partial charge is 0.227 e. The van der Waals surface area contributed by atoms with E-state index in [1.165, 1.54) is 0 Å². The van der Waals surface area contributed by atoms with Crippen LogP contribution >= 0.6 is 11.6 Å². The first-order chi connectivity index (χ1) is 8.95. The van der Waals surface area contributed by atoms with E-state index >= 15 is 0 Å². The lowest BCUT2D eigenvalue weighted by atomic mass is 9.97. The Bertz CT molecular complexity index is 515. The minimum Gasteiger partial charge on any atom is -0.384 e. The van der Waals surface area contributed by atoms with Crippen LogP contribution < -0.4 is 5.32 Å². The minimum atomic E-state index is -0.200. The van der Waals surface area contributed by atoms with Crippen LogP contribution in [0, 0.1) is 23.7 Å². The van der Waals surface area contributed by atoms with Gasteiger partial charge in [0.15, 0.2) is 0 Å². The molecule has 0 bridgehead atoms. The summed E-state index contributed by atoms with van der Waals surface area (Å²) in [6, 6.07) is 5.13. The Labute approximate surface area is 119 Å². The van der Waals surface area contributed by atoms with Crippen molar-refractivity contribution in [2.45, 2.75) is 20.8 Å². The number of aliphatic hydroxyl groups is 1. The van der Waals surface area contributed by atoms with Gasteiger partial charge in [-0.25, -0.2) is 0 Å². The third-order valence-corrected chi connectivity index (χ3v) is 3.28. The van der Waals surface area contributed by atoms with Gasteiger partial charge in [0, 0.05) is 11.5 Å². The summed E-state index contributed by atoms with van der Waals surface area (Å²) in [5.74, 6) is 5.43. The minimum absolute atomic E-state index is 0.0656. The molecule has 1 unspecified atom stereocenters.